The Morgan fingerprint density at radius 1 is 1.42 bits per heavy atom. The number of methoxy groups -OCH3 is 1. The third-order valence-corrected chi connectivity index (χ3v) is 3.26. The Balaban J connectivity index is 2.47. The second kappa shape index (κ2) is 6.91. The summed E-state index contributed by atoms with van der Waals surface area (Å²) in [5.41, 5.74) is -3.35. The molecule has 0 saturated carbocycles. The highest BCUT2D eigenvalue weighted by molar-refractivity contribution is 8.00. The lowest BCUT2D eigenvalue weighted by Crippen LogP contribution is -2.22. The highest BCUT2D eigenvalue weighted by Gasteiger charge is 2.27. The van der Waals surface area contributed by atoms with Crippen molar-refractivity contribution in [1.82, 2.24) is 5.32 Å². The summed E-state index contributed by atoms with van der Waals surface area (Å²) in [5, 5.41) is 12.4. The number of thioether (sulfide) groups is 1. The van der Waals surface area contributed by atoms with E-state index in [0.717, 1.165) is 5.56 Å². The molecular weight excluding hydrogens is 279 g/mol. The molecule has 0 radical (unpaired) electrons. The van der Waals surface area contributed by atoms with Crippen LogP contribution in [0.2, 0.25) is 0 Å². The van der Waals surface area contributed by atoms with E-state index in [1.165, 1.54) is 13.2 Å². The minimum absolute atomic E-state index is 0.0334. The average molecular weight is 295 g/mol. The highest BCUT2D eigenvalue weighted by Crippen LogP contribution is 2.30. The minimum Gasteiger partial charge on any atom is -0.504 e. The molecule has 2 N–H and O–H groups in total. The summed E-state index contributed by atoms with van der Waals surface area (Å²) in [4.78, 5) is 0. The highest BCUT2D eigenvalue weighted by atomic mass is 32.2. The topological polar surface area (TPSA) is 41.5 Å². The molecule has 0 fully saturated rings. The quantitative estimate of drug-likeness (QED) is 0.790. The number of halogens is 3. The van der Waals surface area contributed by atoms with Gasteiger partial charge in [0.15, 0.2) is 11.5 Å². The molecule has 0 spiro atoms. The smallest absolute Gasteiger partial charge is 0.441 e. The van der Waals surface area contributed by atoms with Crippen LogP contribution in [0.15, 0.2) is 18.2 Å². The summed E-state index contributed by atoms with van der Waals surface area (Å²) in [5.74, 6) is 0.338. The summed E-state index contributed by atoms with van der Waals surface area (Å²) < 4.78 is 40.8. The van der Waals surface area contributed by atoms with Gasteiger partial charge in [-0.05, 0) is 36.4 Å². The van der Waals surface area contributed by atoms with Crippen molar-refractivity contribution in [3.8, 4) is 11.5 Å². The zero-order valence-electron chi connectivity index (χ0n) is 10.6. The first kappa shape index (κ1) is 16.0. The lowest BCUT2D eigenvalue weighted by Gasteiger charge is -2.15. The molecule has 0 bridgehead atoms. The Labute approximate surface area is 114 Å². The summed E-state index contributed by atoms with van der Waals surface area (Å²) in [7, 11) is 1.44. The number of hydrogen-bond acceptors (Lipinski definition) is 4. The lowest BCUT2D eigenvalue weighted by atomic mass is 10.1. The van der Waals surface area contributed by atoms with Crippen LogP contribution in [0.25, 0.3) is 0 Å². The van der Waals surface area contributed by atoms with Gasteiger partial charge in [0.2, 0.25) is 0 Å². The maximum absolute atomic E-state index is 11.9. The predicted molar refractivity (Wildman–Crippen MR) is 69.6 cm³/mol. The van der Waals surface area contributed by atoms with Crippen molar-refractivity contribution < 1.29 is 23.0 Å². The van der Waals surface area contributed by atoms with Gasteiger partial charge in [0.05, 0.1) is 7.11 Å². The average Bonchev–Trinajstić information content (AvgIpc) is 2.33. The van der Waals surface area contributed by atoms with E-state index in [-0.39, 0.29) is 35.9 Å². The zero-order valence-corrected chi connectivity index (χ0v) is 11.4. The summed E-state index contributed by atoms with van der Waals surface area (Å²) in [6.07, 6.45) is 0. The number of ether oxygens (including phenoxy) is 1. The largest absolute Gasteiger partial charge is 0.504 e. The fourth-order valence-electron chi connectivity index (χ4n) is 1.52. The van der Waals surface area contributed by atoms with Crippen molar-refractivity contribution in [2.45, 2.75) is 18.5 Å². The Bertz CT molecular complexity index is 412. The maximum Gasteiger partial charge on any atom is 0.441 e. The molecule has 0 aliphatic rings. The molecule has 7 heteroatoms. The van der Waals surface area contributed by atoms with Crippen molar-refractivity contribution in [3.05, 3.63) is 23.8 Å². The van der Waals surface area contributed by atoms with E-state index in [1.807, 2.05) is 6.92 Å². The molecular formula is C12H16F3NO2S. The monoisotopic (exact) mass is 295 g/mol. The zero-order chi connectivity index (χ0) is 14.5. The first-order chi connectivity index (χ1) is 8.83. The molecule has 1 unspecified atom stereocenters. The van der Waals surface area contributed by atoms with Crippen LogP contribution in [0.3, 0.4) is 0 Å². The van der Waals surface area contributed by atoms with E-state index >= 15 is 0 Å². The number of nitrogens with one attached hydrogen (secondary N) is 1. The van der Waals surface area contributed by atoms with Crippen molar-refractivity contribution in [2.24, 2.45) is 0 Å². The van der Waals surface area contributed by atoms with Crippen LogP contribution in [-0.4, -0.2) is 30.0 Å². The molecule has 0 saturated heterocycles. The van der Waals surface area contributed by atoms with Gasteiger partial charge in [-0.1, -0.05) is 6.07 Å². The molecule has 0 heterocycles. The predicted octanol–water partition coefficient (Wildman–Crippen LogP) is 3.30. The van der Waals surface area contributed by atoms with Crippen LogP contribution >= 0.6 is 11.8 Å². The lowest BCUT2D eigenvalue weighted by molar-refractivity contribution is -0.0327. The van der Waals surface area contributed by atoms with Gasteiger partial charge in [0, 0.05) is 18.3 Å². The molecule has 3 nitrogen and oxygen atoms in total. The van der Waals surface area contributed by atoms with Crippen LogP contribution < -0.4 is 10.1 Å². The second-order valence-corrected chi connectivity index (χ2v) is 5.06. The van der Waals surface area contributed by atoms with Gasteiger partial charge in [0.25, 0.3) is 0 Å². The summed E-state index contributed by atoms with van der Waals surface area (Å²) in [6.45, 7) is 2.08. The molecule has 19 heavy (non-hydrogen) atoms. The molecule has 1 atom stereocenters. The number of phenols is 1. The van der Waals surface area contributed by atoms with Crippen molar-refractivity contribution in [3.63, 3.8) is 0 Å². The standard InChI is InChI=1S/C12H16F3NO2S/c1-8(16-5-6-19-12(13,14)15)9-3-4-10(17)11(7-9)18-2/h3-4,7-8,16-17H,5-6H2,1-2H3. The second-order valence-electron chi connectivity index (χ2n) is 3.90. The number of rotatable bonds is 6. The van der Waals surface area contributed by atoms with E-state index in [9.17, 15) is 18.3 Å². The van der Waals surface area contributed by atoms with E-state index in [4.69, 9.17) is 4.74 Å². The molecule has 0 aromatic heterocycles. The third-order valence-electron chi connectivity index (χ3n) is 2.52. The van der Waals surface area contributed by atoms with E-state index in [0.29, 0.717) is 5.75 Å². The fourth-order valence-corrected chi connectivity index (χ4v) is 1.97. The van der Waals surface area contributed by atoms with Gasteiger partial charge in [-0.2, -0.15) is 13.2 Å². The Kier molecular flexibility index (Phi) is 5.81. The first-order valence-electron chi connectivity index (χ1n) is 5.64. The molecule has 0 aliphatic heterocycles. The van der Waals surface area contributed by atoms with Crippen LogP contribution in [0.1, 0.15) is 18.5 Å². The first-order valence-corrected chi connectivity index (χ1v) is 6.63. The molecule has 1 aromatic carbocycles. The summed E-state index contributed by atoms with van der Waals surface area (Å²) in [6, 6.07) is 4.73. The summed E-state index contributed by atoms with van der Waals surface area (Å²) >= 11 is -0.0463. The van der Waals surface area contributed by atoms with E-state index in [1.54, 1.807) is 12.1 Å². The van der Waals surface area contributed by atoms with Crippen molar-refractivity contribution in [2.75, 3.05) is 19.4 Å². The molecule has 0 aliphatic carbocycles. The Morgan fingerprint density at radius 2 is 2.11 bits per heavy atom. The van der Waals surface area contributed by atoms with Gasteiger partial charge in [-0.15, -0.1) is 0 Å². The van der Waals surface area contributed by atoms with Gasteiger partial charge >= 0.3 is 5.51 Å². The van der Waals surface area contributed by atoms with Gasteiger partial charge < -0.3 is 15.2 Å². The fraction of sp³-hybridized carbons (Fsp3) is 0.500. The van der Waals surface area contributed by atoms with Crippen LogP contribution in [0, 0.1) is 0 Å². The van der Waals surface area contributed by atoms with Crippen molar-refractivity contribution in [1.29, 1.82) is 0 Å². The van der Waals surface area contributed by atoms with Gasteiger partial charge in [0.1, 0.15) is 0 Å². The third kappa shape index (κ3) is 5.61. The molecule has 1 rings (SSSR count). The van der Waals surface area contributed by atoms with Crippen LogP contribution in [0.4, 0.5) is 13.2 Å². The molecule has 0 amide bonds. The SMILES string of the molecule is COc1cc(C(C)NCCSC(F)(F)F)ccc1O. The maximum atomic E-state index is 11.9. The van der Waals surface area contributed by atoms with E-state index < -0.39 is 5.51 Å². The van der Waals surface area contributed by atoms with Crippen LogP contribution in [0.5, 0.6) is 11.5 Å². The van der Waals surface area contributed by atoms with Crippen LogP contribution in [-0.2, 0) is 0 Å². The minimum atomic E-state index is -4.19. The molecule has 1 aromatic rings. The van der Waals surface area contributed by atoms with E-state index in [2.05, 4.69) is 5.32 Å². The Morgan fingerprint density at radius 3 is 2.68 bits per heavy atom. The number of phenolic OH excluding ortho intramolecular Hbond substituents is 1. The Hall–Kier alpha value is -1.08. The number of benzene rings is 1. The number of aromatic hydroxyl groups is 1. The number of alkyl halides is 3. The van der Waals surface area contributed by atoms with Gasteiger partial charge in [-0.3, -0.25) is 0 Å². The van der Waals surface area contributed by atoms with Gasteiger partial charge in [-0.25, -0.2) is 0 Å². The molecule has 108 valence electrons. The number of hydrogen-bond donors (Lipinski definition) is 2. The van der Waals surface area contributed by atoms with Crippen molar-refractivity contribution >= 4 is 11.8 Å². The normalized spacial score (nSPS) is 13.3.